The van der Waals surface area contributed by atoms with Crippen LogP contribution in [0.15, 0.2) is 42.5 Å². The van der Waals surface area contributed by atoms with Crippen molar-refractivity contribution >= 4 is 11.8 Å². The highest BCUT2D eigenvalue weighted by Gasteiger charge is 2.58. The van der Waals surface area contributed by atoms with Crippen LogP contribution in [-0.2, 0) is 12.0 Å². The smallest absolute Gasteiger partial charge is 0.247 e. The van der Waals surface area contributed by atoms with Crippen LogP contribution in [0.5, 0.6) is 5.75 Å². The normalized spacial score (nSPS) is 23.1. The third-order valence-electron chi connectivity index (χ3n) is 5.83. The van der Waals surface area contributed by atoms with Crippen LogP contribution >= 0.6 is 0 Å². The quantitative estimate of drug-likeness (QED) is 0.742. The maximum absolute atomic E-state index is 6.71. The van der Waals surface area contributed by atoms with Gasteiger partial charge >= 0.3 is 0 Å². The van der Waals surface area contributed by atoms with Crippen molar-refractivity contribution in [1.82, 2.24) is 0 Å². The summed E-state index contributed by atoms with van der Waals surface area (Å²) in [4.78, 5) is 2.28. The molecule has 0 N–H and O–H groups in total. The van der Waals surface area contributed by atoms with Crippen molar-refractivity contribution in [3.05, 3.63) is 59.4 Å². The number of hydrogen-bond acceptors (Lipinski definition) is 2. The van der Waals surface area contributed by atoms with E-state index in [9.17, 15) is 0 Å². The number of anilines is 1. The predicted octanol–water partition coefficient (Wildman–Crippen LogP) is 3.83. The lowest BCUT2D eigenvalue weighted by atomic mass is 9.76. The molecule has 2 aliphatic rings. The zero-order valence-electron chi connectivity index (χ0n) is 15.1. The largest absolute Gasteiger partial charge is 0.456 e. The van der Waals surface area contributed by atoms with E-state index in [0.717, 1.165) is 18.0 Å². The maximum Gasteiger partial charge on any atom is 0.247 e. The van der Waals surface area contributed by atoms with Gasteiger partial charge in [-0.05, 0) is 44.5 Å². The molecule has 0 fully saturated rings. The minimum Gasteiger partial charge on any atom is -0.456 e. The number of para-hydroxylation sites is 1. The molecule has 3 heteroatoms. The van der Waals surface area contributed by atoms with E-state index in [1.165, 1.54) is 16.9 Å². The van der Waals surface area contributed by atoms with Crippen molar-refractivity contribution in [1.29, 1.82) is 0 Å². The van der Waals surface area contributed by atoms with Crippen LogP contribution in [0.25, 0.3) is 6.08 Å². The molecular weight excluding hydrogens is 296 g/mol. The van der Waals surface area contributed by atoms with Crippen molar-refractivity contribution in [2.45, 2.75) is 45.4 Å². The van der Waals surface area contributed by atoms with Gasteiger partial charge in [-0.3, -0.25) is 0 Å². The van der Waals surface area contributed by atoms with Crippen LogP contribution in [0, 0.1) is 6.92 Å². The molecule has 1 aromatic heterocycles. The highest BCUT2D eigenvalue weighted by Crippen LogP contribution is 2.53. The minimum absolute atomic E-state index is 0.144. The average molecular weight is 321 g/mol. The van der Waals surface area contributed by atoms with E-state index in [1.54, 1.807) is 0 Å². The first-order valence-corrected chi connectivity index (χ1v) is 8.67. The second-order valence-corrected chi connectivity index (χ2v) is 7.30. The standard InChI is InChI=1S/C21H25N2O/c1-6-23-15(2)11-12-19-18(23)13-14-21(24-19)20(3,4)16-9-7-8-10-17(16)22(21)5/h7-14H,6H2,1-5H3/q+1. The highest BCUT2D eigenvalue weighted by atomic mass is 16.5. The molecule has 1 unspecified atom stereocenters. The summed E-state index contributed by atoms with van der Waals surface area (Å²) in [5, 5.41) is 0. The Kier molecular flexibility index (Phi) is 3.08. The Balaban J connectivity index is 1.89. The molecule has 2 aromatic rings. The molecule has 1 aromatic carbocycles. The summed E-state index contributed by atoms with van der Waals surface area (Å²) in [6.07, 6.45) is 4.47. The Morgan fingerprint density at radius 3 is 2.58 bits per heavy atom. The molecule has 0 aliphatic carbocycles. The second kappa shape index (κ2) is 4.85. The van der Waals surface area contributed by atoms with Crippen LogP contribution < -0.4 is 14.2 Å². The van der Waals surface area contributed by atoms with E-state index in [2.05, 4.69) is 92.8 Å². The Labute approximate surface area is 144 Å². The lowest BCUT2D eigenvalue weighted by Gasteiger charge is -2.45. The van der Waals surface area contributed by atoms with Crippen molar-refractivity contribution in [3.8, 4) is 5.75 Å². The molecule has 0 amide bonds. The number of aryl methyl sites for hydroxylation is 1. The fourth-order valence-electron chi connectivity index (χ4n) is 4.37. The van der Waals surface area contributed by atoms with Crippen LogP contribution in [0.2, 0.25) is 0 Å². The van der Waals surface area contributed by atoms with E-state index in [-0.39, 0.29) is 5.41 Å². The van der Waals surface area contributed by atoms with Gasteiger partial charge in [0, 0.05) is 31.8 Å². The third-order valence-corrected chi connectivity index (χ3v) is 5.83. The number of ether oxygens (including phenoxy) is 1. The number of nitrogens with zero attached hydrogens (tertiary/aromatic N) is 2. The van der Waals surface area contributed by atoms with Crippen molar-refractivity contribution in [2.75, 3.05) is 11.9 Å². The molecule has 124 valence electrons. The molecule has 3 nitrogen and oxygen atoms in total. The van der Waals surface area contributed by atoms with E-state index in [0.29, 0.717) is 0 Å². The molecule has 1 atom stereocenters. The molecule has 0 bridgehead atoms. The zero-order chi connectivity index (χ0) is 17.1. The van der Waals surface area contributed by atoms with Gasteiger partial charge in [0.15, 0.2) is 11.4 Å². The van der Waals surface area contributed by atoms with Gasteiger partial charge in [0.1, 0.15) is 6.54 Å². The lowest BCUT2D eigenvalue weighted by Crippen LogP contribution is -2.59. The van der Waals surface area contributed by atoms with Gasteiger partial charge in [-0.1, -0.05) is 18.2 Å². The first-order chi connectivity index (χ1) is 11.4. The fourth-order valence-corrected chi connectivity index (χ4v) is 4.37. The number of hydrogen-bond donors (Lipinski definition) is 0. The van der Waals surface area contributed by atoms with Crippen LogP contribution in [0.4, 0.5) is 5.69 Å². The van der Waals surface area contributed by atoms with Crippen molar-refractivity contribution in [3.63, 3.8) is 0 Å². The summed E-state index contributed by atoms with van der Waals surface area (Å²) in [6, 6.07) is 12.9. The molecular formula is C21H25N2O+. The summed E-state index contributed by atoms with van der Waals surface area (Å²) in [5.74, 6) is 0.956. The number of rotatable bonds is 1. The van der Waals surface area contributed by atoms with Gasteiger partial charge in [-0.15, -0.1) is 0 Å². The molecule has 1 spiro atoms. The van der Waals surface area contributed by atoms with E-state index in [1.807, 2.05) is 0 Å². The zero-order valence-corrected chi connectivity index (χ0v) is 15.1. The molecule has 4 rings (SSSR count). The number of aromatic nitrogens is 1. The third kappa shape index (κ3) is 1.70. The van der Waals surface area contributed by atoms with Gasteiger partial charge < -0.3 is 9.64 Å². The summed E-state index contributed by atoms with van der Waals surface area (Å²) in [6.45, 7) is 9.80. The van der Waals surface area contributed by atoms with E-state index >= 15 is 0 Å². The number of likely N-dealkylation sites (N-methyl/N-ethyl adjacent to an activating group) is 1. The summed E-state index contributed by atoms with van der Waals surface area (Å²) >= 11 is 0. The fraction of sp³-hybridized carbons (Fsp3) is 0.381. The molecule has 0 saturated heterocycles. The monoisotopic (exact) mass is 321 g/mol. The molecule has 24 heavy (non-hydrogen) atoms. The van der Waals surface area contributed by atoms with Gasteiger partial charge in [0.05, 0.1) is 5.41 Å². The average Bonchev–Trinajstić information content (AvgIpc) is 2.74. The molecule has 2 aliphatic heterocycles. The predicted molar refractivity (Wildman–Crippen MR) is 97.3 cm³/mol. The topological polar surface area (TPSA) is 16.4 Å². The summed E-state index contributed by atoms with van der Waals surface area (Å²) in [5.41, 5.74) is 4.34. The van der Waals surface area contributed by atoms with Crippen LogP contribution in [0.1, 0.15) is 37.7 Å². The number of pyridine rings is 1. The van der Waals surface area contributed by atoms with Crippen LogP contribution in [0.3, 0.4) is 0 Å². The first-order valence-electron chi connectivity index (χ1n) is 8.67. The van der Waals surface area contributed by atoms with Gasteiger partial charge in [-0.2, -0.15) is 4.57 Å². The SMILES string of the molecule is CC[n+]1c(C)ccc2c1C=CC1(O2)N(C)c2ccccc2C1(C)C. The van der Waals surface area contributed by atoms with Crippen LogP contribution in [-0.4, -0.2) is 12.8 Å². The summed E-state index contributed by atoms with van der Waals surface area (Å²) in [7, 11) is 2.13. The van der Waals surface area contributed by atoms with Crippen molar-refractivity contribution in [2.24, 2.45) is 0 Å². The first kappa shape index (κ1) is 15.3. The van der Waals surface area contributed by atoms with E-state index < -0.39 is 5.72 Å². The molecule has 3 heterocycles. The number of benzene rings is 1. The molecule has 0 radical (unpaired) electrons. The van der Waals surface area contributed by atoms with Gasteiger partial charge in [0.2, 0.25) is 11.4 Å². The van der Waals surface area contributed by atoms with Gasteiger partial charge in [0.25, 0.3) is 0 Å². The lowest BCUT2D eigenvalue weighted by molar-refractivity contribution is -0.701. The van der Waals surface area contributed by atoms with E-state index in [4.69, 9.17) is 4.74 Å². The van der Waals surface area contributed by atoms with Gasteiger partial charge in [-0.25, -0.2) is 0 Å². The maximum atomic E-state index is 6.71. The number of fused-ring (bicyclic) bond motifs is 2. The summed E-state index contributed by atoms with van der Waals surface area (Å²) < 4.78 is 9.01. The minimum atomic E-state index is -0.496. The Morgan fingerprint density at radius 1 is 1.12 bits per heavy atom. The second-order valence-electron chi connectivity index (χ2n) is 7.30. The van der Waals surface area contributed by atoms with Crippen molar-refractivity contribution < 1.29 is 9.30 Å². The highest BCUT2D eigenvalue weighted by molar-refractivity contribution is 5.70. The molecule has 0 saturated carbocycles. The Hall–Kier alpha value is -2.29. The Bertz CT molecular complexity index is 853. The Morgan fingerprint density at radius 2 is 1.88 bits per heavy atom.